The largest absolute Gasteiger partial charge is 0.397 e. The van der Waals surface area contributed by atoms with Crippen molar-refractivity contribution in [2.75, 3.05) is 11.5 Å². The fraction of sp³-hybridized carbons (Fsp3) is 0. The summed E-state index contributed by atoms with van der Waals surface area (Å²) in [5, 5.41) is 0.738. The molecular formula is C9H8ClN3O. The van der Waals surface area contributed by atoms with Gasteiger partial charge in [0, 0.05) is 17.6 Å². The molecule has 72 valence electrons. The zero-order chi connectivity index (χ0) is 10.3. The maximum absolute atomic E-state index is 11.4. The maximum atomic E-state index is 11.4. The molecule has 0 aliphatic carbocycles. The second-order valence-electron chi connectivity index (χ2n) is 2.96. The van der Waals surface area contributed by atoms with Gasteiger partial charge in [-0.05, 0) is 6.07 Å². The molecule has 1 aromatic carbocycles. The number of nitrogen functional groups attached to an aromatic ring is 2. The van der Waals surface area contributed by atoms with E-state index in [1.807, 2.05) is 0 Å². The summed E-state index contributed by atoms with van der Waals surface area (Å²) >= 11 is 5.93. The number of anilines is 2. The molecule has 0 amide bonds. The number of hydrogen-bond acceptors (Lipinski definition) is 3. The van der Waals surface area contributed by atoms with Gasteiger partial charge < -0.3 is 16.5 Å². The fourth-order valence-electron chi connectivity index (χ4n) is 1.31. The summed E-state index contributed by atoms with van der Waals surface area (Å²) in [6.07, 6.45) is 1.52. The Morgan fingerprint density at radius 1 is 1.36 bits per heavy atom. The highest BCUT2D eigenvalue weighted by molar-refractivity contribution is 6.38. The van der Waals surface area contributed by atoms with Crippen molar-refractivity contribution in [3.8, 4) is 0 Å². The van der Waals surface area contributed by atoms with Crippen LogP contribution in [0.15, 0.2) is 23.1 Å². The molecule has 14 heavy (non-hydrogen) atoms. The highest BCUT2D eigenvalue weighted by atomic mass is 35.5. The second-order valence-corrected chi connectivity index (χ2v) is 3.34. The van der Waals surface area contributed by atoms with E-state index in [0.29, 0.717) is 22.3 Å². The maximum Gasteiger partial charge on any atom is 0.189 e. The molecule has 0 atom stereocenters. The minimum Gasteiger partial charge on any atom is -0.397 e. The molecule has 0 saturated heterocycles. The summed E-state index contributed by atoms with van der Waals surface area (Å²) in [6, 6.07) is 2.93. The Bertz CT molecular complexity index is 562. The van der Waals surface area contributed by atoms with Crippen LogP contribution in [0.2, 0.25) is 5.02 Å². The van der Waals surface area contributed by atoms with Crippen molar-refractivity contribution in [1.29, 1.82) is 0 Å². The number of H-pyrrole nitrogens is 1. The molecule has 0 aliphatic rings. The number of aromatic nitrogens is 1. The number of nitrogens with two attached hydrogens (primary N) is 2. The van der Waals surface area contributed by atoms with Crippen molar-refractivity contribution in [2.45, 2.75) is 0 Å². The lowest BCUT2D eigenvalue weighted by molar-refractivity contribution is 1.39. The van der Waals surface area contributed by atoms with E-state index in [1.54, 1.807) is 0 Å². The van der Waals surface area contributed by atoms with Crippen LogP contribution < -0.4 is 16.9 Å². The van der Waals surface area contributed by atoms with Crippen LogP contribution >= 0.6 is 11.6 Å². The predicted octanol–water partition coefficient (Wildman–Crippen LogP) is 1.35. The van der Waals surface area contributed by atoms with E-state index in [1.165, 1.54) is 18.3 Å². The van der Waals surface area contributed by atoms with Crippen molar-refractivity contribution >= 4 is 33.9 Å². The van der Waals surface area contributed by atoms with E-state index < -0.39 is 0 Å². The highest BCUT2D eigenvalue weighted by Gasteiger charge is 2.08. The number of pyridine rings is 1. The van der Waals surface area contributed by atoms with E-state index in [2.05, 4.69) is 4.98 Å². The summed E-state index contributed by atoms with van der Waals surface area (Å²) in [6.45, 7) is 0. The average molecular weight is 210 g/mol. The molecule has 5 N–H and O–H groups in total. The first-order valence-electron chi connectivity index (χ1n) is 3.96. The molecule has 0 spiro atoms. The lowest BCUT2D eigenvalue weighted by Crippen LogP contribution is -2.04. The zero-order valence-corrected chi connectivity index (χ0v) is 7.93. The lowest BCUT2D eigenvalue weighted by atomic mass is 10.1. The summed E-state index contributed by atoms with van der Waals surface area (Å²) in [7, 11) is 0. The normalized spacial score (nSPS) is 10.6. The minimum absolute atomic E-state index is 0.132. The molecule has 0 saturated carbocycles. The van der Waals surface area contributed by atoms with Crippen LogP contribution in [0, 0.1) is 0 Å². The first-order chi connectivity index (χ1) is 6.61. The van der Waals surface area contributed by atoms with Gasteiger partial charge in [0.25, 0.3) is 0 Å². The molecule has 2 aromatic rings. The van der Waals surface area contributed by atoms with Crippen LogP contribution in [-0.2, 0) is 0 Å². The van der Waals surface area contributed by atoms with Crippen molar-refractivity contribution in [3.05, 3.63) is 33.6 Å². The van der Waals surface area contributed by atoms with Crippen LogP contribution in [0.3, 0.4) is 0 Å². The van der Waals surface area contributed by atoms with Crippen molar-refractivity contribution < 1.29 is 0 Å². The number of aromatic amines is 1. The van der Waals surface area contributed by atoms with Gasteiger partial charge in [-0.3, -0.25) is 4.79 Å². The van der Waals surface area contributed by atoms with Crippen LogP contribution in [0.25, 0.3) is 10.9 Å². The van der Waals surface area contributed by atoms with E-state index in [4.69, 9.17) is 23.1 Å². The van der Waals surface area contributed by atoms with Gasteiger partial charge in [0.15, 0.2) is 5.43 Å². The summed E-state index contributed by atoms with van der Waals surface area (Å²) in [5.41, 5.74) is 12.2. The van der Waals surface area contributed by atoms with Crippen LogP contribution in [0.5, 0.6) is 0 Å². The van der Waals surface area contributed by atoms with Gasteiger partial charge in [-0.15, -0.1) is 0 Å². The Labute approximate surface area is 84.5 Å². The standard InChI is InChI=1S/C9H8ClN3O/c10-7-8(12)5(11)3-4-6(14)1-2-13-9(4)7/h1-3H,11-12H2,(H,13,14). The molecule has 5 heteroatoms. The van der Waals surface area contributed by atoms with Crippen LogP contribution in [0.4, 0.5) is 11.4 Å². The predicted molar refractivity (Wildman–Crippen MR) is 58.4 cm³/mol. The summed E-state index contributed by atoms with van der Waals surface area (Å²) in [5.74, 6) is 0. The number of benzene rings is 1. The van der Waals surface area contributed by atoms with E-state index in [0.717, 1.165) is 0 Å². The van der Waals surface area contributed by atoms with Crippen LogP contribution in [0.1, 0.15) is 0 Å². The molecule has 1 heterocycles. The Morgan fingerprint density at radius 2 is 2.07 bits per heavy atom. The number of nitrogens with one attached hydrogen (secondary N) is 1. The topological polar surface area (TPSA) is 84.9 Å². The van der Waals surface area contributed by atoms with Crippen LogP contribution in [-0.4, -0.2) is 4.98 Å². The molecule has 2 rings (SSSR count). The molecule has 0 bridgehead atoms. The number of hydrogen-bond donors (Lipinski definition) is 3. The molecule has 0 aliphatic heterocycles. The molecule has 4 nitrogen and oxygen atoms in total. The molecule has 0 unspecified atom stereocenters. The first kappa shape index (κ1) is 8.90. The second kappa shape index (κ2) is 2.92. The Morgan fingerprint density at radius 3 is 2.79 bits per heavy atom. The minimum atomic E-state index is -0.132. The van der Waals surface area contributed by atoms with Gasteiger partial charge in [-0.1, -0.05) is 11.6 Å². The summed E-state index contributed by atoms with van der Waals surface area (Å²) < 4.78 is 0. The van der Waals surface area contributed by atoms with Gasteiger partial charge in [0.1, 0.15) is 0 Å². The number of halogens is 1. The molecule has 0 fully saturated rings. The van der Waals surface area contributed by atoms with Crippen molar-refractivity contribution in [1.82, 2.24) is 4.98 Å². The van der Waals surface area contributed by atoms with Crippen molar-refractivity contribution in [2.24, 2.45) is 0 Å². The average Bonchev–Trinajstić information content (AvgIpc) is 2.17. The summed E-state index contributed by atoms with van der Waals surface area (Å²) in [4.78, 5) is 14.3. The third kappa shape index (κ3) is 1.12. The fourth-order valence-corrected chi connectivity index (χ4v) is 1.58. The van der Waals surface area contributed by atoms with E-state index in [-0.39, 0.29) is 10.5 Å². The SMILES string of the molecule is Nc1cc2c(=O)cc[nH]c2c(Cl)c1N. The highest BCUT2D eigenvalue weighted by Crippen LogP contribution is 2.30. The van der Waals surface area contributed by atoms with Gasteiger partial charge in [0.2, 0.25) is 0 Å². The first-order valence-corrected chi connectivity index (χ1v) is 4.34. The molecular weight excluding hydrogens is 202 g/mol. The lowest BCUT2D eigenvalue weighted by Gasteiger charge is -2.05. The Hall–Kier alpha value is -1.68. The van der Waals surface area contributed by atoms with Gasteiger partial charge in [0.05, 0.1) is 21.9 Å². The van der Waals surface area contributed by atoms with E-state index >= 15 is 0 Å². The molecule has 1 aromatic heterocycles. The van der Waals surface area contributed by atoms with Crippen molar-refractivity contribution in [3.63, 3.8) is 0 Å². The van der Waals surface area contributed by atoms with E-state index in [9.17, 15) is 4.79 Å². The monoisotopic (exact) mass is 209 g/mol. The Kier molecular flexibility index (Phi) is 1.86. The number of fused-ring (bicyclic) bond motifs is 1. The Balaban J connectivity index is 3.06. The van der Waals surface area contributed by atoms with Gasteiger partial charge >= 0.3 is 0 Å². The smallest absolute Gasteiger partial charge is 0.189 e. The third-order valence-electron chi connectivity index (χ3n) is 2.06. The van der Waals surface area contributed by atoms with Gasteiger partial charge in [-0.25, -0.2) is 0 Å². The van der Waals surface area contributed by atoms with Gasteiger partial charge in [-0.2, -0.15) is 0 Å². The zero-order valence-electron chi connectivity index (χ0n) is 7.17. The number of rotatable bonds is 0. The third-order valence-corrected chi connectivity index (χ3v) is 2.46. The molecule has 0 radical (unpaired) electrons. The quantitative estimate of drug-likeness (QED) is 0.573.